The summed E-state index contributed by atoms with van der Waals surface area (Å²) in [5, 5.41) is 6.48. The molecule has 0 spiro atoms. The molecule has 4 amide bonds. The number of aromatic nitrogens is 2. The topological polar surface area (TPSA) is 204 Å². The number of allylic oxidation sites excluding steroid dienone is 1. The summed E-state index contributed by atoms with van der Waals surface area (Å²) in [6.45, 7) is 12.9. The second-order valence-corrected chi connectivity index (χ2v) is 20.8. The first kappa shape index (κ1) is 45.6. The predicted octanol–water partition coefficient (Wildman–Crippen LogP) is 5.83. The van der Waals surface area contributed by atoms with Crippen LogP contribution in [0.3, 0.4) is 0 Å². The summed E-state index contributed by atoms with van der Waals surface area (Å²) in [5.74, 6) is -1.26. The van der Waals surface area contributed by atoms with Crippen molar-refractivity contribution < 1.29 is 46.5 Å². The maximum Gasteiger partial charge on any atom is 0.408 e. The normalized spacial score (nSPS) is 27.2. The molecule has 3 N–H and O–H groups in total. The number of benzene rings is 1. The van der Waals surface area contributed by atoms with Crippen molar-refractivity contribution in [3.8, 4) is 28.8 Å². The van der Waals surface area contributed by atoms with E-state index in [1.54, 1.807) is 46.2 Å². The molecule has 1 saturated heterocycles. The molecule has 7 rings (SSSR count). The molecule has 2 aliphatic carbocycles. The van der Waals surface area contributed by atoms with E-state index >= 15 is 4.79 Å². The molecule has 3 aromatic rings. The van der Waals surface area contributed by atoms with E-state index in [4.69, 9.17) is 23.9 Å². The number of methoxy groups -OCH3 is 1. The molecule has 0 unspecified atom stereocenters. The fourth-order valence-electron chi connectivity index (χ4n) is 8.52. The zero-order valence-electron chi connectivity index (χ0n) is 37.3. The van der Waals surface area contributed by atoms with Gasteiger partial charge in [0.1, 0.15) is 40.8 Å². The van der Waals surface area contributed by atoms with Gasteiger partial charge in [0.05, 0.1) is 42.6 Å². The lowest BCUT2D eigenvalue weighted by Crippen LogP contribution is -2.59. The molecule has 17 heteroatoms. The van der Waals surface area contributed by atoms with E-state index in [0.29, 0.717) is 54.0 Å². The molecule has 0 bridgehead atoms. The maximum atomic E-state index is 15.0. The van der Waals surface area contributed by atoms with Gasteiger partial charge in [-0.05, 0) is 127 Å². The van der Waals surface area contributed by atoms with Gasteiger partial charge in [0.2, 0.25) is 27.7 Å². The number of hydrogen-bond donors (Lipinski definition) is 3. The van der Waals surface area contributed by atoms with Gasteiger partial charge in [0, 0.05) is 17.7 Å². The number of sulfonamides is 1. The summed E-state index contributed by atoms with van der Waals surface area (Å²) in [6, 6.07) is 8.67. The molecule has 2 aliphatic heterocycles. The molecule has 16 nitrogen and oxygen atoms in total. The van der Waals surface area contributed by atoms with Gasteiger partial charge in [-0.25, -0.2) is 18.2 Å². The summed E-state index contributed by atoms with van der Waals surface area (Å²) in [7, 11) is -2.36. The van der Waals surface area contributed by atoms with Crippen LogP contribution in [0.4, 0.5) is 4.79 Å². The van der Waals surface area contributed by atoms with E-state index < -0.39 is 74.3 Å². The predicted molar refractivity (Wildman–Crippen MR) is 235 cm³/mol. The van der Waals surface area contributed by atoms with E-state index in [1.807, 2.05) is 57.2 Å². The van der Waals surface area contributed by atoms with Crippen molar-refractivity contribution in [2.24, 2.45) is 17.8 Å². The number of pyridine rings is 2. The molecule has 0 radical (unpaired) electrons. The van der Waals surface area contributed by atoms with Crippen LogP contribution in [-0.2, 0) is 29.1 Å². The fraction of sp³-hybridized carbons (Fsp3) is 0.565. The van der Waals surface area contributed by atoms with E-state index in [1.165, 1.54) is 4.90 Å². The second-order valence-electron chi connectivity index (χ2n) is 18.8. The van der Waals surface area contributed by atoms with E-state index in [2.05, 4.69) is 27.3 Å². The Labute approximate surface area is 369 Å². The van der Waals surface area contributed by atoms with Gasteiger partial charge in [-0.1, -0.05) is 26.0 Å². The van der Waals surface area contributed by atoms with Gasteiger partial charge in [-0.3, -0.25) is 24.1 Å². The molecule has 340 valence electrons. The quantitative estimate of drug-likeness (QED) is 0.206. The Kier molecular flexibility index (Phi) is 13.0. The number of nitrogens with one attached hydrogen (secondary N) is 3. The van der Waals surface area contributed by atoms with Crippen molar-refractivity contribution >= 4 is 44.6 Å². The summed E-state index contributed by atoms with van der Waals surface area (Å²) in [4.78, 5) is 68.0. The number of rotatable bonds is 10. The Bertz CT molecular complexity index is 2360. The van der Waals surface area contributed by atoms with E-state index in [9.17, 15) is 22.8 Å². The minimum absolute atomic E-state index is 0.0108. The third kappa shape index (κ3) is 10.7. The summed E-state index contributed by atoms with van der Waals surface area (Å²) in [6.07, 6.45) is 6.91. The monoisotopic (exact) mass is 888 g/mol. The van der Waals surface area contributed by atoms with Gasteiger partial charge in [0.15, 0.2) is 0 Å². The van der Waals surface area contributed by atoms with Crippen LogP contribution in [0, 0.1) is 17.8 Å². The lowest BCUT2D eigenvalue weighted by molar-refractivity contribution is -0.142. The Hall–Kier alpha value is -5.45. The lowest BCUT2D eigenvalue weighted by atomic mass is 9.88. The molecule has 4 heterocycles. The number of ether oxygens (including phenoxy) is 4. The highest BCUT2D eigenvalue weighted by molar-refractivity contribution is 7.91. The number of alkyl carbamates (subject to hydrolysis) is 1. The van der Waals surface area contributed by atoms with Gasteiger partial charge in [-0.15, -0.1) is 0 Å². The molecule has 2 saturated carbocycles. The highest BCUT2D eigenvalue weighted by Crippen LogP contribution is 2.46. The first-order valence-corrected chi connectivity index (χ1v) is 23.4. The van der Waals surface area contributed by atoms with Crippen molar-refractivity contribution in [1.29, 1.82) is 0 Å². The average Bonchev–Trinajstić information content (AvgIpc) is 4.14. The summed E-state index contributed by atoms with van der Waals surface area (Å²) < 4.78 is 51.9. The van der Waals surface area contributed by atoms with Crippen molar-refractivity contribution in [3.05, 3.63) is 54.7 Å². The van der Waals surface area contributed by atoms with Crippen molar-refractivity contribution in [1.82, 2.24) is 30.2 Å². The first-order valence-electron chi connectivity index (χ1n) is 21.9. The van der Waals surface area contributed by atoms with Crippen LogP contribution in [0.25, 0.3) is 22.2 Å². The maximum absolute atomic E-state index is 15.0. The van der Waals surface area contributed by atoms with Gasteiger partial charge >= 0.3 is 6.09 Å². The third-order valence-corrected chi connectivity index (χ3v) is 13.8. The van der Waals surface area contributed by atoms with E-state index in [0.717, 1.165) is 11.8 Å². The average molecular weight is 889 g/mol. The Morgan fingerprint density at radius 3 is 2.41 bits per heavy atom. The standard InChI is InChI=1S/C46H60N6O10S/c1-26(2)60-32-14-18-36(47-24-32)37-21-29-20-31(59-8)13-17-35(29)41(48-37)61-33-22-38-40(53)50-46(43(55)51-63(57,58)34-15-16-34)23-30(46)12-10-9-11-27(3)19-28(4)39(42(54)52(38)25-33)49-44(56)62-45(5,6)7/h10,12-14,17-18,20-21,24,26-28,30,33-34,38-39H,9,11,15-16,19,22-23,25H2,1-8H3,(H,49,56)(H,50,53)(H,51,55)/b12-10-/t27-,28-,30-,33-,38+,39+,46-/m1/s1. The second kappa shape index (κ2) is 18.0. The van der Waals surface area contributed by atoms with Gasteiger partial charge < -0.3 is 34.5 Å². The Morgan fingerprint density at radius 2 is 1.75 bits per heavy atom. The van der Waals surface area contributed by atoms with Crippen LogP contribution in [0.2, 0.25) is 0 Å². The molecular weight excluding hydrogens is 829 g/mol. The SMILES string of the molecule is COc1ccc2c(O[C@@H]3C[C@H]4C(=O)N[C@]5(C(=O)NS(=O)(=O)C6CC6)C[C@H]5/C=C\CC[C@@H](C)C[C@@H](C)[C@H](NC(=O)OC(C)(C)C)C(=O)N4C3)nc(-c3ccc(OC(C)C)cn3)cc2c1. The zero-order valence-corrected chi connectivity index (χ0v) is 38.1. The number of fused-ring (bicyclic) bond motifs is 3. The largest absolute Gasteiger partial charge is 0.497 e. The number of carbonyl (C=O) groups is 4. The van der Waals surface area contributed by atoms with E-state index in [-0.39, 0.29) is 43.2 Å². The number of hydrogen-bond acceptors (Lipinski definition) is 12. The summed E-state index contributed by atoms with van der Waals surface area (Å²) in [5.41, 5.74) is -1.35. The molecule has 63 heavy (non-hydrogen) atoms. The number of nitrogens with zero attached hydrogens (tertiary/aromatic N) is 3. The summed E-state index contributed by atoms with van der Waals surface area (Å²) >= 11 is 0. The van der Waals surface area contributed by atoms with Crippen molar-refractivity contribution in [2.45, 2.75) is 134 Å². The first-order chi connectivity index (χ1) is 29.7. The Morgan fingerprint density at radius 1 is 1.00 bits per heavy atom. The molecule has 7 atom stereocenters. The van der Waals surface area contributed by atoms with Gasteiger partial charge in [0.25, 0.3) is 5.91 Å². The van der Waals surface area contributed by atoms with Crippen LogP contribution in [-0.4, -0.2) is 101 Å². The molecule has 1 aromatic carbocycles. The van der Waals surface area contributed by atoms with Crippen LogP contribution < -0.4 is 29.6 Å². The van der Waals surface area contributed by atoms with Crippen LogP contribution in [0.5, 0.6) is 17.4 Å². The highest BCUT2D eigenvalue weighted by Gasteiger charge is 2.62. The Balaban J connectivity index is 1.25. The van der Waals surface area contributed by atoms with Crippen LogP contribution in [0.15, 0.2) is 54.7 Å². The third-order valence-electron chi connectivity index (χ3n) is 11.9. The minimum Gasteiger partial charge on any atom is -0.497 e. The molecule has 2 aromatic heterocycles. The fourth-order valence-corrected chi connectivity index (χ4v) is 9.88. The number of carbonyl (C=O) groups excluding carboxylic acids is 4. The van der Waals surface area contributed by atoms with Crippen molar-refractivity contribution in [2.75, 3.05) is 13.7 Å². The smallest absolute Gasteiger partial charge is 0.408 e. The lowest BCUT2D eigenvalue weighted by Gasteiger charge is -2.33. The molecule has 4 aliphatic rings. The minimum atomic E-state index is -3.94. The van der Waals surface area contributed by atoms with Crippen molar-refractivity contribution in [3.63, 3.8) is 0 Å². The van der Waals surface area contributed by atoms with Crippen LogP contribution >= 0.6 is 0 Å². The highest BCUT2D eigenvalue weighted by atomic mass is 32.2. The number of amides is 4. The zero-order chi connectivity index (χ0) is 45.4. The molecule has 3 fully saturated rings. The van der Waals surface area contributed by atoms with Crippen LogP contribution in [0.1, 0.15) is 93.4 Å². The molecular formula is C46H60N6O10S. The van der Waals surface area contributed by atoms with Gasteiger partial charge in [-0.2, -0.15) is 0 Å².